The standard InChI is InChI=1S/C16H24ClNO2S/c1-3-7-18-16(14-6-8-21(19,20)11-14)10-13-5-4-12(2)9-15(13)17/h4-5,9,14,16,18H,3,6-8,10-11H2,1-2H3. The van der Waals surface area contributed by atoms with Gasteiger partial charge in [-0.05, 0) is 55.8 Å². The lowest BCUT2D eigenvalue weighted by Gasteiger charge is -2.24. The van der Waals surface area contributed by atoms with Gasteiger partial charge in [0, 0.05) is 11.1 Å². The number of sulfone groups is 1. The number of halogens is 1. The van der Waals surface area contributed by atoms with Gasteiger partial charge in [0.1, 0.15) is 0 Å². The molecule has 3 nitrogen and oxygen atoms in total. The van der Waals surface area contributed by atoms with Crippen molar-refractivity contribution in [1.29, 1.82) is 0 Å². The minimum Gasteiger partial charge on any atom is -0.313 e. The fourth-order valence-corrected chi connectivity index (χ4v) is 5.12. The highest BCUT2D eigenvalue weighted by Crippen LogP contribution is 2.26. The molecule has 2 unspecified atom stereocenters. The Morgan fingerprint density at radius 3 is 2.76 bits per heavy atom. The first-order valence-electron chi connectivity index (χ1n) is 7.60. The van der Waals surface area contributed by atoms with E-state index in [4.69, 9.17) is 11.6 Å². The number of aryl methyl sites for hydroxylation is 1. The highest BCUT2D eigenvalue weighted by molar-refractivity contribution is 7.91. The molecule has 0 radical (unpaired) electrons. The lowest BCUT2D eigenvalue weighted by atomic mass is 9.92. The van der Waals surface area contributed by atoms with E-state index in [0.717, 1.165) is 42.0 Å². The van der Waals surface area contributed by atoms with Gasteiger partial charge in [-0.25, -0.2) is 8.42 Å². The van der Waals surface area contributed by atoms with Gasteiger partial charge in [-0.15, -0.1) is 0 Å². The first-order chi connectivity index (χ1) is 9.91. The van der Waals surface area contributed by atoms with Gasteiger partial charge in [0.2, 0.25) is 0 Å². The Balaban J connectivity index is 2.12. The van der Waals surface area contributed by atoms with Crippen LogP contribution in [0.1, 0.15) is 30.9 Å². The molecule has 1 aliphatic rings. The van der Waals surface area contributed by atoms with Crippen LogP contribution in [0, 0.1) is 12.8 Å². The lowest BCUT2D eigenvalue weighted by molar-refractivity contribution is 0.379. The summed E-state index contributed by atoms with van der Waals surface area (Å²) < 4.78 is 23.5. The molecule has 0 amide bonds. The summed E-state index contributed by atoms with van der Waals surface area (Å²) >= 11 is 6.32. The quantitative estimate of drug-likeness (QED) is 0.872. The van der Waals surface area contributed by atoms with E-state index in [0.29, 0.717) is 11.5 Å². The van der Waals surface area contributed by atoms with Crippen molar-refractivity contribution >= 4 is 21.4 Å². The van der Waals surface area contributed by atoms with Crippen LogP contribution in [-0.2, 0) is 16.3 Å². The van der Waals surface area contributed by atoms with E-state index in [1.165, 1.54) is 0 Å². The molecule has 5 heteroatoms. The van der Waals surface area contributed by atoms with E-state index in [1.54, 1.807) is 0 Å². The fourth-order valence-electron chi connectivity index (χ4n) is 2.93. The topological polar surface area (TPSA) is 46.2 Å². The normalized spacial score (nSPS) is 22.3. The zero-order valence-electron chi connectivity index (χ0n) is 12.7. The summed E-state index contributed by atoms with van der Waals surface area (Å²) in [4.78, 5) is 0. The molecule has 1 saturated heterocycles. The van der Waals surface area contributed by atoms with Gasteiger partial charge in [0.15, 0.2) is 9.84 Å². The molecular weight excluding hydrogens is 306 g/mol. The summed E-state index contributed by atoms with van der Waals surface area (Å²) in [6.07, 6.45) is 2.59. The Labute approximate surface area is 133 Å². The maximum Gasteiger partial charge on any atom is 0.150 e. The zero-order valence-corrected chi connectivity index (χ0v) is 14.3. The van der Waals surface area contributed by atoms with Gasteiger partial charge in [0.25, 0.3) is 0 Å². The van der Waals surface area contributed by atoms with E-state index in [9.17, 15) is 8.42 Å². The molecule has 0 aliphatic carbocycles. The minimum atomic E-state index is -2.85. The van der Waals surface area contributed by atoms with Crippen LogP contribution in [0.2, 0.25) is 5.02 Å². The largest absolute Gasteiger partial charge is 0.313 e. The van der Waals surface area contributed by atoms with E-state index >= 15 is 0 Å². The fraction of sp³-hybridized carbons (Fsp3) is 0.625. The van der Waals surface area contributed by atoms with Crippen LogP contribution in [0.25, 0.3) is 0 Å². The predicted molar refractivity (Wildman–Crippen MR) is 88.7 cm³/mol. The third kappa shape index (κ3) is 4.70. The Hall–Kier alpha value is -0.580. The molecule has 0 aromatic heterocycles. The van der Waals surface area contributed by atoms with Gasteiger partial charge in [0.05, 0.1) is 11.5 Å². The molecule has 2 rings (SSSR count). The summed E-state index contributed by atoms with van der Waals surface area (Å²) in [6, 6.07) is 6.27. The molecule has 1 aliphatic heterocycles. The smallest absolute Gasteiger partial charge is 0.150 e. The van der Waals surface area contributed by atoms with E-state index < -0.39 is 9.84 Å². The van der Waals surface area contributed by atoms with Crippen molar-refractivity contribution in [2.45, 2.75) is 39.2 Å². The van der Waals surface area contributed by atoms with Crippen molar-refractivity contribution in [3.8, 4) is 0 Å². The average molecular weight is 330 g/mol. The maximum absolute atomic E-state index is 11.7. The molecule has 1 N–H and O–H groups in total. The number of benzene rings is 1. The minimum absolute atomic E-state index is 0.183. The lowest BCUT2D eigenvalue weighted by Crippen LogP contribution is -2.39. The first kappa shape index (κ1) is 16.8. The Morgan fingerprint density at radius 1 is 1.43 bits per heavy atom. The van der Waals surface area contributed by atoms with Gasteiger partial charge < -0.3 is 5.32 Å². The number of hydrogen-bond acceptors (Lipinski definition) is 3. The molecule has 0 saturated carbocycles. The van der Waals surface area contributed by atoms with Crippen LogP contribution in [0.15, 0.2) is 18.2 Å². The second kappa shape index (κ2) is 7.12. The SMILES string of the molecule is CCCNC(Cc1ccc(C)cc1Cl)C1CCS(=O)(=O)C1. The maximum atomic E-state index is 11.7. The van der Waals surface area contributed by atoms with Crippen LogP contribution in [0.5, 0.6) is 0 Å². The summed E-state index contributed by atoms with van der Waals surface area (Å²) in [5, 5.41) is 4.29. The van der Waals surface area contributed by atoms with Gasteiger partial charge in [-0.1, -0.05) is 30.7 Å². The Kier molecular flexibility index (Phi) is 5.69. The number of nitrogens with one attached hydrogen (secondary N) is 1. The van der Waals surface area contributed by atoms with Crippen molar-refractivity contribution in [3.05, 3.63) is 34.3 Å². The van der Waals surface area contributed by atoms with Crippen LogP contribution >= 0.6 is 11.6 Å². The second-order valence-corrected chi connectivity index (χ2v) is 8.66. The highest BCUT2D eigenvalue weighted by atomic mass is 35.5. The number of rotatable bonds is 6. The van der Waals surface area contributed by atoms with E-state index in [1.807, 2.05) is 13.0 Å². The highest BCUT2D eigenvalue weighted by Gasteiger charge is 2.33. The van der Waals surface area contributed by atoms with Crippen molar-refractivity contribution in [2.75, 3.05) is 18.1 Å². The molecule has 118 valence electrons. The summed E-state index contributed by atoms with van der Waals surface area (Å²) in [5.74, 6) is 0.820. The van der Waals surface area contributed by atoms with Gasteiger partial charge >= 0.3 is 0 Å². The van der Waals surface area contributed by atoms with Crippen LogP contribution in [0.4, 0.5) is 0 Å². The van der Waals surface area contributed by atoms with E-state index in [2.05, 4.69) is 24.4 Å². The number of hydrogen-bond donors (Lipinski definition) is 1. The molecule has 2 atom stereocenters. The van der Waals surface area contributed by atoms with Crippen molar-refractivity contribution in [2.24, 2.45) is 5.92 Å². The summed E-state index contributed by atoms with van der Waals surface area (Å²) in [5.41, 5.74) is 2.24. The Morgan fingerprint density at radius 2 is 2.19 bits per heavy atom. The van der Waals surface area contributed by atoms with E-state index in [-0.39, 0.29) is 12.0 Å². The molecule has 1 aromatic rings. The molecule has 0 spiro atoms. The molecule has 21 heavy (non-hydrogen) atoms. The monoisotopic (exact) mass is 329 g/mol. The third-order valence-corrected chi connectivity index (χ3v) is 6.29. The second-order valence-electron chi connectivity index (χ2n) is 6.02. The Bertz CT molecular complexity index is 586. The molecule has 1 heterocycles. The van der Waals surface area contributed by atoms with Crippen molar-refractivity contribution in [3.63, 3.8) is 0 Å². The summed E-state index contributed by atoms with van der Waals surface area (Å²) in [7, 11) is -2.85. The van der Waals surface area contributed by atoms with Gasteiger partial charge in [-0.2, -0.15) is 0 Å². The van der Waals surface area contributed by atoms with Crippen LogP contribution in [0.3, 0.4) is 0 Å². The third-order valence-electron chi connectivity index (χ3n) is 4.14. The molecular formula is C16H24ClNO2S. The summed E-state index contributed by atoms with van der Waals surface area (Å²) in [6.45, 7) is 5.05. The molecule has 0 bridgehead atoms. The molecule has 1 fully saturated rings. The van der Waals surface area contributed by atoms with Crippen molar-refractivity contribution in [1.82, 2.24) is 5.32 Å². The van der Waals surface area contributed by atoms with Crippen molar-refractivity contribution < 1.29 is 8.42 Å². The predicted octanol–water partition coefficient (Wildman–Crippen LogP) is 2.99. The van der Waals surface area contributed by atoms with Crippen LogP contribution < -0.4 is 5.32 Å². The average Bonchev–Trinajstić information content (AvgIpc) is 2.77. The van der Waals surface area contributed by atoms with Crippen LogP contribution in [-0.4, -0.2) is 32.5 Å². The zero-order chi connectivity index (χ0) is 15.5. The first-order valence-corrected chi connectivity index (χ1v) is 9.80. The van der Waals surface area contributed by atoms with Gasteiger partial charge in [-0.3, -0.25) is 0 Å². The molecule has 1 aromatic carbocycles.